The van der Waals surface area contributed by atoms with E-state index < -0.39 is 0 Å². The fourth-order valence-electron chi connectivity index (χ4n) is 1.64. The molecule has 0 bridgehead atoms. The molecule has 1 aliphatic rings. The van der Waals surface area contributed by atoms with Gasteiger partial charge in [0.15, 0.2) is 0 Å². The first-order chi connectivity index (χ1) is 7.59. The zero-order valence-electron chi connectivity index (χ0n) is 10.1. The van der Waals surface area contributed by atoms with E-state index in [0.29, 0.717) is 45.1 Å². The van der Waals surface area contributed by atoms with E-state index in [1.807, 2.05) is 0 Å². The number of carbonyl (C=O) groups is 2. The van der Waals surface area contributed by atoms with Gasteiger partial charge in [-0.05, 0) is 0 Å². The van der Waals surface area contributed by atoms with Crippen LogP contribution in [-0.2, 0) is 9.59 Å². The van der Waals surface area contributed by atoms with Gasteiger partial charge in [0.1, 0.15) is 0 Å². The van der Waals surface area contributed by atoms with Gasteiger partial charge in [-0.25, -0.2) is 0 Å². The largest absolute Gasteiger partial charge is 0.354 e. The topological polar surface area (TPSA) is 61.4 Å². The Bertz CT molecular complexity index is 254. The van der Waals surface area contributed by atoms with Crippen LogP contribution in [0.1, 0.15) is 26.7 Å². The van der Waals surface area contributed by atoms with Crippen LogP contribution in [0.15, 0.2) is 0 Å². The Morgan fingerprint density at radius 2 is 2.25 bits per heavy atom. The van der Waals surface area contributed by atoms with E-state index in [2.05, 4.69) is 24.5 Å². The summed E-state index contributed by atoms with van der Waals surface area (Å²) in [5.74, 6) is 0.167. The molecular formula is C11H21N3O2. The molecule has 5 nitrogen and oxygen atoms in total. The SMILES string of the molecule is CC(C)NCCC(=O)N1CCNC(=O)CC1. The average Bonchev–Trinajstić information content (AvgIpc) is 2.42. The summed E-state index contributed by atoms with van der Waals surface area (Å²) in [4.78, 5) is 24.6. The maximum atomic E-state index is 11.8. The molecule has 1 heterocycles. The summed E-state index contributed by atoms with van der Waals surface area (Å²) in [5.41, 5.74) is 0. The summed E-state index contributed by atoms with van der Waals surface area (Å²) < 4.78 is 0. The third-order valence-corrected chi connectivity index (χ3v) is 2.56. The van der Waals surface area contributed by atoms with Gasteiger partial charge in [-0.2, -0.15) is 0 Å². The Morgan fingerprint density at radius 1 is 1.50 bits per heavy atom. The lowest BCUT2D eigenvalue weighted by atomic mass is 10.3. The smallest absolute Gasteiger partial charge is 0.223 e. The quantitative estimate of drug-likeness (QED) is 0.694. The number of hydrogen-bond donors (Lipinski definition) is 2. The molecule has 0 radical (unpaired) electrons. The minimum absolute atomic E-state index is 0.0376. The van der Waals surface area contributed by atoms with Crippen molar-refractivity contribution in [1.29, 1.82) is 0 Å². The van der Waals surface area contributed by atoms with Crippen molar-refractivity contribution in [3.05, 3.63) is 0 Å². The molecule has 16 heavy (non-hydrogen) atoms. The molecule has 92 valence electrons. The van der Waals surface area contributed by atoms with Crippen molar-refractivity contribution in [2.24, 2.45) is 0 Å². The molecule has 0 unspecified atom stereocenters. The number of amides is 2. The van der Waals surface area contributed by atoms with Gasteiger partial charge >= 0.3 is 0 Å². The van der Waals surface area contributed by atoms with Gasteiger partial charge in [-0.3, -0.25) is 9.59 Å². The van der Waals surface area contributed by atoms with E-state index in [1.165, 1.54) is 0 Å². The molecule has 0 spiro atoms. The first-order valence-corrected chi connectivity index (χ1v) is 5.87. The lowest BCUT2D eigenvalue weighted by Crippen LogP contribution is -2.36. The predicted octanol–water partition coefficient (Wildman–Crippen LogP) is -0.277. The number of nitrogens with one attached hydrogen (secondary N) is 2. The fraction of sp³-hybridized carbons (Fsp3) is 0.818. The maximum Gasteiger partial charge on any atom is 0.223 e. The number of carbonyl (C=O) groups excluding carboxylic acids is 2. The van der Waals surface area contributed by atoms with Gasteiger partial charge in [0.2, 0.25) is 11.8 Å². The highest BCUT2D eigenvalue weighted by Gasteiger charge is 2.17. The normalized spacial score (nSPS) is 17.2. The van der Waals surface area contributed by atoms with Crippen LogP contribution >= 0.6 is 0 Å². The molecule has 0 aliphatic carbocycles. The summed E-state index contributed by atoms with van der Waals surface area (Å²) in [6.07, 6.45) is 0.926. The molecule has 2 amide bonds. The number of nitrogens with zero attached hydrogens (tertiary/aromatic N) is 1. The van der Waals surface area contributed by atoms with Crippen LogP contribution in [0, 0.1) is 0 Å². The lowest BCUT2D eigenvalue weighted by Gasteiger charge is -2.19. The van der Waals surface area contributed by atoms with Crippen LogP contribution in [0.5, 0.6) is 0 Å². The van der Waals surface area contributed by atoms with Gasteiger partial charge in [-0.1, -0.05) is 13.8 Å². The first kappa shape index (κ1) is 13.0. The Kier molecular flexibility index (Phi) is 5.25. The van der Waals surface area contributed by atoms with E-state index in [1.54, 1.807) is 4.90 Å². The van der Waals surface area contributed by atoms with Crippen molar-refractivity contribution in [2.45, 2.75) is 32.7 Å². The van der Waals surface area contributed by atoms with Crippen LogP contribution in [0.3, 0.4) is 0 Å². The molecular weight excluding hydrogens is 206 g/mol. The zero-order chi connectivity index (χ0) is 12.0. The molecule has 5 heteroatoms. The van der Waals surface area contributed by atoms with Crippen molar-refractivity contribution in [3.63, 3.8) is 0 Å². The van der Waals surface area contributed by atoms with Crippen molar-refractivity contribution < 1.29 is 9.59 Å². The third-order valence-electron chi connectivity index (χ3n) is 2.56. The zero-order valence-corrected chi connectivity index (χ0v) is 10.1. The molecule has 0 saturated carbocycles. The standard InChI is InChI=1S/C11H21N3O2/c1-9(2)12-5-3-11(16)14-7-4-10(15)13-6-8-14/h9,12H,3-8H2,1-2H3,(H,13,15). The molecule has 0 aromatic heterocycles. The Hall–Kier alpha value is -1.10. The predicted molar refractivity (Wildman–Crippen MR) is 62.0 cm³/mol. The van der Waals surface area contributed by atoms with Gasteiger partial charge in [0, 0.05) is 45.1 Å². The molecule has 0 aromatic rings. The van der Waals surface area contributed by atoms with E-state index >= 15 is 0 Å². The van der Waals surface area contributed by atoms with Crippen LogP contribution in [0.4, 0.5) is 0 Å². The van der Waals surface area contributed by atoms with Crippen molar-refractivity contribution >= 4 is 11.8 Å². The summed E-state index contributed by atoms with van der Waals surface area (Å²) in [6.45, 7) is 6.56. The van der Waals surface area contributed by atoms with Gasteiger partial charge in [0.25, 0.3) is 0 Å². The maximum absolute atomic E-state index is 11.8. The van der Waals surface area contributed by atoms with Crippen LogP contribution < -0.4 is 10.6 Å². The Labute approximate surface area is 96.6 Å². The Balaban J connectivity index is 2.27. The number of rotatable bonds is 4. The highest BCUT2D eigenvalue weighted by atomic mass is 16.2. The third kappa shape index (κ3) is 4.61. The average molecular weight is 227 g/mol. The summed E-state index contributed by atoms with van der Waals surface area (Å²) in [6, 6.07) is 0.403. The second-order valence-electron chi connectivity index (χ2n) is 4.34. The molecule has 1 fully saturated rings. The summed E-state index contributed by atoms with van der Waals surface area (Å²) in [5, 5.41) is 5.97. The van der Waals surface area contributed by atoms with Gasteiger partial charge in [-0.15, -0.1) is 0 Å². The lowest BCUT2D eigenvalue weighted by molar-refractivity contribution is -0.131. The highest BCUT2D eigenvalue weighted by Crippen LogP contribution is 1.99. The molecule has 0 aromatic carbocycles. The van der Waals surface area contributed by atoms with Gasteiger partial charge in [0.05, 0.1) is 0 Å². The van der Waals surface area contributed by atoms with E-state index in [0.717, 1.165) is 0 Å². The summed E-state index contributed by atoms with van der Waals surface area (Å²) >= 11 is 0. The molecule has 0 atom stereocenters. The minimum atomic E-state index is 0.0376. The van der Waals surface area contributed by atoms with Crippen molar-refractivity contribution in [1.82, 2.24) is 15.5 Å². The summed E-state index contributed by atoms with van der Waals surface area (Å²) in [7, 11) is 0. The molecule has 1 aliphatic heterocycles. The van der Waals surface area contributed by atoms with Crippen LogP contribution in [0.25, 0.3) is 0 Å². The number of hydrogen-bond acceptors (Lipinski definition) is 3. The van der Waals surface area contributed by atoms with Crippen LogP contribution in [0.2, 0.25) is 0 Å². The molecule has 2 N–H and O–H groups in total. The minimum Gasteiger partial charge on any atom is -0.354 e. The molecule has 1 rings (SSSR count). The Morgan fingerprint density at radius 3 is 2.94 bits per heavy atom. The second-order valence-corrected chi connectivity index (χ2v) is 4.34. The first-order valence-electron chi connectivity index (χ1n) is 5.87. The monoisotopic (exact) mass is 227 g/mol. The van der Waals surface area contributed by atoms with Crippen molar-refractivity contribution in [3.8, 4) is 0 Å². The van der Waals surface area contributed by atoms with E-state index in [9.17, 15) is 9.59 Å². The van der Waals surface area contributed by atoms with E-state index in [-0.39, 0.29) is 11.8 Å². The highest BCUT2D eigenvalue weighted by molar-refractivity contribution is 5.80. The van der Waals surface area contributed by atoms with Crippen LogP contribution in [-0.4, -0.2) is 48.9 Å². The van der Waals surface area contributed by atoms with Gasteiger partial charge < -0.3 is 15.5 Å². The molecule has 1 saturated heterocycles. The fourth-order valence-corrected chi connectivity index (χ4v) is 1.64. The van der Waals surface area contributed by atoms with E-state index in [4.69, 9.17) is 0 Å². The van der Waals surface area contributed by atoms with Crippen molar-refractivity contribution in [2.75, 3.05) is 26.2 Å². The second kappa shape index (κ2) is 6.48.